The van der Waals surface area contributed by atoms with Crippen LogP contribution >= 0.6 is 0 Å². The average Bonchev–Trinajstić information content (AvgIpc) is 2.84. The number of hydrogen-bond donors (Lipinski definition) is 1. The molecule has 0 bridgehead atoms. The van der Waals surface area contributed by atoms with Gasteiger partial charge in [-0.25, -0.2) is 0 Å². The van der Waals surface area contributed by atoms with Crippen molar-refractivity contribution in [2.75, 3.05) is 20.1 Å². The summed E-state index contributed by atoms with van der Waals surface area (Å²) in [6.45, 7) is 8.67. The van der Waals surface area contributed by atoms with E-state index in [9.17, 15) is 0 Å². The Bertz CT molecular complexity index is 359. The van der Waals surface area contributed by atoms with Crippen LogP contribution in [0.15, 0.2) is 10.5 Å². The van der Waals surface area contributed by atoms with Gasteiger partial charge in [0.25, 0.3) is 0 Å². The normalized spacial score (nSPS) is 23.9. The van der Waals surface area contributed by atoms with Gasteiger partial charge in [-0.05, 0) is 40.3 Å². The van der Waals surface area contributed by atoms with Gasteiger partial charge in [0.05, 0.1) is 0 Å². The molecule has 2 heterocycles. The molecule has 16 heavy (non-hydrogen) atoms. The first-order chi connectivity index (χ1) is 7.61. The molecule has 0 aliphatic carbocycles. The van der Waals surface area contributed by atoms with Gasteiger partial charge >= 0.3 is 0 Å². The molecule has 2 atom stereocenters. The SMILES string of the molecule is CNC1CCN(C(C)c2cc(C)oc2C)C1. The molecule has 0 amide bonds. The van der Waals surface area contributed by atoms with Crippen LogP contribution in [0.25, 0.3) is 0 Å². The summed E-state index contributed by atoms with van der Waals surface area (Å²) in [4.78, 5) is 2.53. The van der Waals surface area contributed by atoms with E-state index in [1.165, 1.54) is 18.5 Å². The lowest BCUT2D eigenvalue weighted by Gasteiger charge is -2.23. The molecular formula is C13H22N2O. The van der Waals surface area contributed by atoms with E-state index >= 15 is 0 Å². The Morgan fingerprint density at radius 2 is 2.25 bits per heavy atom. The Hall–Kier alpha value is -0.800. The predicted molar refractivity (Wildman–Crippen MR) is 65.6 cm³/mol. The van der Waals surface area contributed by atoms with Gasteiger partial charge < -0.3 is 9.73 Å². The molecule has 3 nitrogen and oxygen atoms in total. The molecule has 1 N–H and O–H groups in total. The monoisotopic (exact) mass is 222 g/mol. The van der Waals surface area contributed by atoms with E-state index in [0.717, 1.165) is 18.1 Å². The highest BCUT2D eigenvalue weighted by Crippen LogP contribution is 2.28. The van der Waals surface area contributed by atoms with Gasteiger partial charge in [0, 0.05) is 30.7 Å². The van der Waals surface area contributed by atoms with E-state index in [2.05, 4.69) is 30.1 Å². The zero-order valence-corrected chi connectivity index (χ0v) is 10.7. The van der Waals surface area contributed by atoms with E-state index in [-0.39, 0.29) is 0 Å². The van der Waals surface area contributed by atoms with Crippen molar-refractivity contribution >= 4 is 0 Å². The molecule has 0 radical (unpaired) electrons. The first-order valence-corrected chi connectivity index (χ1v) is 6.10. The third kappa shape index (κ3) is 2.15. The minimum Gasteiger partial charge on any atom is -0.466 e. The average molecular weight is 222 g/mol. The largest absolute Gasteiger partial charge is 0.466 e. The van der Waals surface area contributed by atoms with Crippen molar-refractivity contribution in [1.29, 1.82) is 0 Å². The molecule has 3 heteroatoms. The summed E-state index contributed by atoms with van der Waals surface area (Å²) in [5, 5.41) is 3.35. The topological polar surface area (TPSA) is 28.4 Å². The number of likely N-dealkylation sites (tertiary alicyclic amines) is 1. The van der Waals surface area contributed by atoms with Crippen LogP contribution in [0.5, 0.6) is 0 Å². The minimum absolute atomic E-state index is 0.468. The van der Waals surface area contributed by atoms with Gasteiger partial charge in [-0.1, -0.05) is 0 Å². The molecule has 2 rings (SSSR count). The highest BCUT2D eigenvalue weighted by Gasteiger charge is 2.27. The van der Waals surface area contributed by atoms with Crippen molar-refractivity contribution in [3.8, 4) is 0 Å². The number of likely N-dealkylation sites (N-methyl/N-ethyl adjacent to an activating group) is 1. The summed E-state index contributed by atoms with van der Waals surface area (Å²) >= 11 is 0. The summed E-state index contributed by atoms with van der Waals surface area (Å²) in [5.74, 6) is 2.08. The van der Waals surface area contributed by atoms with Gasteiger partial charge in [0.2, 0.25) is 0 Å². The fourth-order valence-electron chi connectivity index (χ4n) is 2.64. The lowest BCUT2D eigenvalue weighted by Crippen LogP contribution is -2.31. The first-order valence-electron chi connectivity index (χ1n) is 6.10. The van der Waals surface area contributed by atoms with Crippen LogP contribution in [0.2, 0.25) is 0 Å². The number of rotatable bonds is 3. The Kier molecular flexibility index (Phi) is 3.36. The summed E-state index contributed by atoms with van der Waals surface area (Å²) in [6, 6.07) is 3.29. The fraction of sp³-hybridized carbons (Fsp3) is 0.692. The number of hydrogen-bond acceptors (Lipinski definition) is 3. The second-order valence-electron chi connectivity index (χ2n) is 4.81. The molecule has 1 aliphatic heterocycles. The lowest BCUT2D eigenvalue weighted by atomic mass is 10.1. The van der Waals surface area contributed by atoms with Gasteiger partial charge in [0.15, 0.2) is 0 Å². The van der Waals surface area contributed by atoms with Crippen molar-refractivity contribution in [1.82, 2.24) is 10.2 Å². The maximum absolute atomic E-state index is 5.61. The van der Waals surface area contributed by atoms with Crippen LogP contribution in [0, 0.1) is 13.8 Å². The summed E-state index contributed by atoms with van der Waals surface area (Å²) < 4.78 is 5.61. The molecule has 2 unspecified atom stereocenters. The summed E-state index contributed by atoms with van der Waals surface area (Å²) in [6.07, 6.45) is 1.25. The van der Waals surface area contributed by atoms with Gasteiger partial charge in [-0.15, -0.1) is 0 Å². The van der Waals surface area contributed by atoms with E-state index in [4.69, 9.17) is 4.42 Å². The Labute approximate surface area is 97.8 Å². The van der Waals surface area contributed by atoms with Crippen LogP contribution in [-0.2, 0) is 0 Å². The summed E-state index contributed by atoms with van der Waals surface area (Å²) in [5.41, 5.74) is 1.34. The van der Waals surface area contributed by atoms with Gasteiger partial charge in [0.1, 0.15) is 11.5 Å². The highest BCUT2D eigenvalue weighted by molar-refractivity contribution is 5.23. The molecule has 1 aliphatic rings. The van der Waals surface area contributed by atoms with Gasteiger partial charge in [-0.3, -0.25) is 4.90 Å². The molecule has 90 valence electrons. The van der Waals surface area contributed by atoms with Crippen molar-refractivity contribution in [2.24, 2.45) is 0 Å². The van der Waals surface area contributed by atoms with Crippen LogP contribution in [0.3, 0.4) is 0 Å². The zero-order valence-electron chi connectivity index (χ0n) is 10.7. The second-order valence-corrected chi connectivity index (χ2v) is 4.81. The molecule has 1 fully saturated rings. The third-order valence-electron chi connectivity index (χ3n) is 3.71. The summed E-state index contributed by atoms with van der Waals surface area (Å²) in [7, 11) is 2.05. The molecular weight excluding hydrogens is 200 g/mol. The van der Waals surface area contributed by atoms with E-state index in [1.807, 2.05) is 14.0 Å². The van der Waals surface area contributed by atoms with Crippen molar-refractivity contribution in [3.05, 3.63) is 23.2 Å². The molecule has 1 aromatic rings. The molecule has 0 saturated carbocycles. The predicted octanol–water partition coefficient (Wildman–Crippen LogP) is 2.25. The zero-order chi connectivity index (χ0) is 11.7. The highest BCUT2D eigenvalue weighted by atomic mass is 16.3. The van der Waals surface area contributed by atoms with Crippen LogP contribution in [-0.4, -0.2) is 31.1 Å². The lowest BCUT2D eigenvalue weighted by molar-refractivity contribution is 0.254. The number of nitrogens with zero attached hydrogens (tertiary/aromatic N) is 1. The van der Waals surface area contributed by atoms with Crippen LogP contribution in [0.1, 0.15) is 36.5 Å². The number of nitrogens with one attached hydrogen (secondary N) is 1. The van der Waals surface area contributed by atoms with Crippen LogP contribution in [0.4, 0.5) is 0 Å². The van der Waals surface area contributed by atoms with Crippen molar-refractivity contribution in [2.45, 2.75) is 39.3 Å². The molecule has 0 aromatic carbocycles. The van der Waals surface area contributed by atoms with Crippen molar-refractivity contribution < 1.29 is 4.42 Å². The number of furan rings is 1. The van der Waals surface area contributed by atoms with Crippen molar-refractivity contribution in [3.63, 3.8) is 0 Å². The fourth-order valence-corrected chi connectivity index (χ4v) is 2.64. The van der Waals surface area contributed by atoms with E-state index in [0.29, 0.717) is 12.1 Å². The Morgan fingerprint density at radius 1 is 1.50 bits per heavy atom. The molecule has 0 spiro atoms. The van der Waals surface area contributed by atoms with Gasteiger partial charge in [-0.2, -0.15) is 0 Å². The standard InChI is InChI=1S/C13H22N2O/c1-9-7-13(11(3)16-9)10(2)15-6-5-12(8-15)14-4/h7,10,12,14H,5-6,8H2,1-4H3. The van der Waals surface area contributed by atoms with Crippen LogP contribution < -0.4 is 5.32 Å². The molecule has 1 aromatic heterocycles. The smallest absolute Gasteiger partial charge is 0.105 e. The molecule has 1 saturated heterocycles. The van der Waals surface area contributed by atoms with E-state index in [1.54, 1.807) is 0 Å². The Balaban J connectivity index is 2.08. The first kappa shape index (κ1) is 11.7. The second kappa shape index (κ2) is 4.60. The third-order valence-corrected chi connectivity index (χ3v) is 3.71. The van der Waals surface area contributed by atoms with E-state index < -0.39 is 0 Å². The minimum atomic E-state index is 0.468. The maximum atomic E-state index is 5.61. The Morgan fingerprint density at radius 3 is 2.75 bits per heavy atom. The quantitative estimate of drug-likeness (QED) is 0.850. The maximum Gasteiger partial charge on any atom is 0.105 e. The number of aryl methyl sites for hydroxylation is 2.